The molecule has 154 valence electrons. The molecule has 1 N–H and O–H groups in total. The normalized spacial score (nSPS) is 14.4. The summed E-state index contributed by atoms with van der Waals surface area (Å²) in [6.45, 7) is 6.75. The molecule has 0 saturated carbocycles. The van der Waals surface area contributed by atoms with E-state index in [4.69, 9.17) is 9.47 Å². The summed E-state index contributed by atoms with van der Waals surface area (Å²) in [5, 5.41) is 0. The average Bonchev–Trinajstić information content (AvgIpc) is 2.74. The van der Waals surface area contributed by atoms with Crippen LogP contribution in [0.4, 0.5) is 0 Å². The predicted molar refractivity (Wildman–Crippen MR) is 110 cm³/mol. The smallest absolute Gasteiger partial charge is 0.338 e. The molecule has 1 aliphatic heterocycles. The number of rotatable bonds is 7. The van der Waals surface area contributed by atoms with Crippen LogP contribution in [0.25, 0.3) is 0 Å². The lowest BCUT2D eigenvalue weighted by Crippen LogP contribution is -3.12. The lowest BCUT2D eigenvalue weighted by molar-refractivity contribution is -0.921. The Bertz CT molecular complexity index is 829. The number of hydrogen-bond acceptors (Lipinski definition) is 4. The van der Waals surface area contributed by atoms with E-state index in [1.807, 2.05) is 43.3 Å². The highest BCUT2D eigenvalue weighted by atomic mass is 16.5. The number of ether oxygens (including phenoxy) is 2. The number of morpholine rings is 1. The first-order valence-corrected chi connectivity index (χ1v) is 9.99. The van der Waals surface area contributed by atoms with Gasteiger partial charge in [-0.1, -0.05) is 36.4 Å². The molecule has 0 aromatic heterocycles. The number of carbonyl (C=O) groups is 2. The molecule has 0 bridgehead atoms. The third-order valence-corrected chi connectivity index (χ3v) is 5.26. The Labute approximate surface area is 172 Å². The zero-order valence-electron chi connectivity index (χ0n) is 17.1. The van der Waals surface area contributed by atoms with Crippen LogP contribution >= 0.6 is 0 Å². The Morgan fingerprint density at radius 2 is 1.76 bits per heavy atom. The Hall–Kier alpha value is -2.70. The Balaban J connectivity index is 1.47. The summed E-state index contributed by atoms with van der Waals surface area (Å²) in [5.41, 5.74) is 3.84. The maximum Gasteiger partial charge on any atom is 0.338 e. The van der Waals surface area contributed by atoms with Gasteiger partial charge in [-0.3, -0.25) is 4.79 Å². The topological polar surface area (TPSA) is 60.3 Å². The highest BCUT2D eigenvalue weighted by molar-refractivity contribution is 5.91. The van der Waals surface area contributed by atoms with Gasteiger partial charge in [0.25, 0.3) is 5.91 Å². The monoisotopic (exact) mass is 397 g/mol. The number of nitrogens with one attached hydrogen (secondary N) is 1. The second-order valence-electron chi connectivity index (χ2n) is 7.49. The van der Waals surface area contributed by atoms with Crippen molar-refractivity contribution < 1.29 is 24.0 Å². The maximum absolute atomic E-state index is 12.3. The molecule has 0 atom stereocenters. The van der Waals surface area contributed by atoms with E-state index in [0.29, 0.717) is 12.1 Å². The average molecular weight is 397 g/mol. The first kappa shape index (κ1) is 21.0. The third kappa shape index (κ3) is 6.14. The number of amides is 1. The minimum Gasteiger partial charge on any atom is -0.452 e. The summed E-state index contributed by atoms with van der Waals surface area (Å²) >= 11 is 0. The molecule has 2 aromatic rings. The van der Waals surface area contributed by atoms with Gasteiger partial charge in [0.05, 0.1) is 18.8 Å². The van der Waals surface area contributed by atoms with Crippen molar-refractivity contribution in [2.24, 2.45) is 0 Å². The van der Waals surface area contributed by atoms with E-state index < -0.39 is 5.97 Å². The van der Waals surface area contributed by atoms with Crippen LogP contribution in [0.15, 0.2) is 48.5 Å². The Morgan fingerprint density at radius 3 is 2.45 bits per heavy atom. The minimum atomic E-state index is -0.479. The van der Waals surface area contributed by atoms with Crippen molar-refractivity contribution in [1.29, 1.82) is 0 Å². The Kier molecular flexibility index (Phi) is 7.38. The predicted octanol–water partition coefficient (Wildman–Crippen LogP) is 1.23. The van der Waals surface area contributed by atoms with Crippen LogP contribution in [-0.4, -0.2) is 56.7 Å². The van der Waals surface area contributed by atoms with Crippen LogP contribution in [-0.2, 0) is 27.4 Å². The zero-order valence-corrected chi connectivity index (χ0v) is 17.1. The van der Waals surface area contributed by atoms with Crippen LogP contribution in [0.2, 0.25) is 0 Å². The summed E-state index contributed by atoms with van der Waals surface area (Å²) in [5.74, 6) is -0.706. The zero-order chi connectivity index (χ0) is 20.6. The molecule has 1 fully saturated rings. The maximum atomic E-state index is 12.3. The lowest BCUT2D eigenvalue weighted by atomic mass is 10.1. The second-order valence-corrected chi connectivity index (χ2v) is 7.49. The van der Waals surface area contributed by atoms with Gasteiger partial charge in [0.15, 0.2) is 6.61 Å². The Morgan fingerprint density at radius 1 is 1.07 bits per heavy atom. The van der Waals surface area contributed by atoms with Crippen molar-refractivity contribution in [1.82, 2.24) is 4.90 Å². The van der Waals surface area contributed by atoms with E-state index in [2.05, 4.69) is 0 Å². The van der Waals surface area contributed by atoms with Crippen LogP contribution in [0.5, 0.6) is 0 Å². The van der Waals surface area contributed by atoms with Gasteiger partial charge in [-0.2, -0.15) is 0 Å². The van der Waals surface area contributed by atoms with E-state index in [1.165, 1.54) is 10.5 Å². The SMILES string of the molecule is Cc1ccccc1CN(C)C(=O)COC(=O)c1ccc(C[NH+]2CCOCC2)cc1. The summed E-state index contributed by atoms with van der Waals surface area (Å²) in [7, 11) is 1.71. The van der Waals surface area contributed by atoms with Crippen LogP contribution in [0.1, 0.15) is 27.0 Å². The van der Waals surface area contributed by atoms with Crippen molar-refractivity contribution in [2.75, 3.05) is 40.0 Å². The van der Waals surface area contributed by atoms with Crippen molar-refractivity contribution >= 4 is 11.9 Å². The van der Waals surface area contributed by atoms with Gasteiger partial charge < -0.3 is 19.3 Å². The van der Waals surface area contributed by atoms with Crippen LogP contribution in [0.3, 0.4) is 0 Å². The first-order valence-electron chi connectivity index (χ1n) is 9.99. The summed E-state index contributed by atoms with van der Waals surface area (Å²) in [6, 6.07) is 15.3. The standard InChI is InChI=1S/C23H28N2O4/c1-18-5-3-4-6-21(18)16-24(2)22(26)17-29-23(27)20-9-7-19(8-10-20)15-25-11-13-28-14-12-25/h3-10H,11-17H2,1-2H3/p+1. The van der Waals surface area contributed by atoms with Gasteiger partial charge in [-0.25, -0.2) is 4.79 Å². The van der Waals surface area contributed by atoms with Crippen molar-refractivity contribution in [3.8, 4) is 0 Å². The van der Waals surface area contributed by atoms with E-state index in [1.54, 1.807) is 24.1 Å². The molecule has 3 rings (SSSR count). The summed E-state index contributed by atoms with van der Waals surface area (Å²) in [6.07, 6.45) is 0. The number of nitrogens with zero attached hydrogens (tertiary/aromatic N) is 1. The second kappa shape index (κ2) is 10.2. The largest absolute Gasteiger partial charge is 0.452 e. The quantitative estimate of drug-likeness (QED) is 0.714. The molecule has 1 amide bonds. The molecule has 1 saturated heterocycles. The van der Waals surface area contributed by atoms with Gasteiger partial charge in [0.1, 0.15) is 19.6 Å². The number of aryl methyl sites for hydroxylation is 1. The van der Waals surface area contributed by atoms with Gasteiger partial charge in [0, 0.05) is 19.2 Å². The van der Waals surface area contributed by atoms with Crippen LogP contribution < -0.4 is 4.90 Å². The highest BCUT2D eigenvalue weighted by Crippen LogP contribution is 2.10. The van der Waals surface area contributed by atoms with E-state index in [0.717, 1.165) is 44.0 Å². The van der Waals surface area contributed by atoms with Gasteiger partial charge in [0.2, 0.25) is 0 Å². The minimum absolute atomic E-state index is 0.228. The molecule has 2 aromatic carbocycles. The fourth-order valence-corrected chi connectivity index (χ4v) is 3.34. The highest BCUT2D eigenvalue weighted by Gasteiger charge is 2.16. The lowest BCUT2D eigenvalue weighted by Gasteiger charge is -2.23. The molecule has 0 radical (unpaired) electrons. The van der Waals surface area contributed by atoms with E-state index in [9.17, 15) is 9.59 Å². The molecule has 6 heteroatoms. The van der Waals surface area contributed by atoms with Gasteiger partial charge in [-0.15, -0.1) is 0 Å². The molecular formula is C23H29N2O4+. The first-order chi connectivity index (χ1) is 14.0. The molecule has 6 nitrogen and oxygen atoms in total. The fourth-order valence-electron chi connectivity index (χ4n) is 3.34. The van der Waals surface area contributed by atoms with Crippen molar-refractivity contribution in [3.05, 3.63) is 70.8 Å². The molecule has 0 spiro atoms. The van der Waals surface area contributed by atoms with E-state index >= 15 is 0 Å². The van der Waals surface area contributed by atoms with E-state index in [-0.39, 0.29) is 12.5 Å². The molecule has 29 heavy (non-hydrogen) atoms. The molecule has 0 unspecified atom stereocenters. The number of carbonyl (C=O) groups excluding carboxylic acids is 2. The molecular weight excluding hydrogens is 368 g/mol. The van der Waals surface area contributed by atoms with Gasteiger partial charge >= 0.3 is 5.97 Å². The number of likely N-dealkylation sites (N-methyl/N-ethyl adjacent to an activating group) is 1. The molecule has 1 aliphatic rings. The molecule has 0 aliphatic carbocycles. The number of benzene rings is 2. The van der Waals surface area contributed by atoms with Crippen LogP contribution in [0, 0.1) is 6.92 Å². The molecule has 1 heterocycles. The fraction of sp³-hybridized carbons (Fsp3) is 0.391. The van der Waals surface area contributed by atoms with Crippen molar-refractivity contribution in [2.45, 2.75) is 20.0 Å². The summed E-state index contributed by atoms with van der Waals surface area (Å²) in [4.78, 5) is 27.6. The number of esters is 1. The van der Waals surface area contributed by atoms with Crippen molar-refractivity contribution in [3.63, 3.8) is 0 Å². The number of quaternary nitrogens is 1. The number of hydrogen-bond donors (Lipinski definition) is 1. The summed E-state index contributed by atoms with van der Waals surface area (Å²) < 4.78 is 10.6. The third-order valence-electron chi connectivity index (χ3n) is 5.26. The van der Waals surface area contributed by atoms with Gasteiger partial charge in [-0.05, 0) is 30.2 Å².